The zero-order chi connectivity index (χ0) is 11.1. The molecule has 0 saturated carbocycles. The second-order valence-electron chi connectivity index (χ2n) is 4.34. The number of alkyl halides is 1. The maximum absolute atomic E-state index is 11.2. The summed E-state index contributed by atoms with van der Waals surface area (Å²) in [5.74, 6) is 0.0986. The fraction of sp³-hybridized carbons (Fsp3) is 0.636. The summed E-state index contributed by atoms with van der Waals surface area (Å²) < 4.78 is 0. The van der Waals surface area contributed by atoms with Gasteiger partial charge in [0.05, 0.1) is 6.07 Å². The van der Waals surface area contributed by atoms with Gasteiger partial charge >= 0.3 is 0 Å². The maximum Gasteiger partial charge on any atom is 0.220 e. The maximum atomic E-state index is 11.2. The molecule has 2 rings (SSSR count). The first-order valence-corrected chi connectivity index (χ1v) is 5.47. The minimum atomic E-state index is -0.731. The Morgan fingerprint density at radius 2 is 2.20 bits per heavy atom. The molecule has 1 aliphatic carbocycles. The van der Waals surface area contributed by atoms with Crippen LogP contribution in [0.2, 0.25) is 0 Å². The third-order valence-electron chi connectivity index (χ3n) is 3.23. The Bertz CT molecular complexity index is 383. The monoisotopic (exact) mass is 224 g/mol. The molecule has 80 valence electrons. The second-order valence-corrected chi connectivity index (χ2v) is 5.06. The normalized spacial score (nSPS) is 30.1. The van der Waals surface area contributed by atoms with Crippen LogP contribution in [0.25, 0.3) is 0 Å². The molecule has 0 fully saturated rings. The second kappa shape index (κ2) is 3.53. The van der Waals surface area contributed by atoms with E-state index < -0.39 is 4.87 Å². The molecule has 0 radical (unpaired) electrons. The van der Waals surface area contributed by atoms with Gasteiger partial charge in [-0.25, -0.2) is 0 Å². The number of hydrogen-bond acceptors (Lipinski definition) is 2. The number of hydrogen-bond donors (Lipinski definition) is 0. The van der Waals surface area contributed by atoms with Gasteiger partial charge in [-0.3, -0.25) is 4.79 Å². The van der Waals surface area contributed by atoms with Crippen LogP contribution in [0.3, 0.4) is 0 Å². The Morgan fingerprint density at radius 3 is 2.80 bits per heavy atom. The van der Waals surface area contributed by atoms with Crippen molar-refractivity contribution in [2.75, 3.05) is 13.1 Å². The highest BCUT2D eigenvalue weighted by molar-refractivity contribution is 6.26. The average molecular weight is 225 g/mol. The lowest BCUT2D eigenvalue weighted by molar-refractivity contribution is -0.127. The van der Waals surface area contributed by atoms with Gasteiger partial charge in [0.2, 0.25) is 5.91 Å². The fourth-order valence-electron chi connectivity index (χ4n) is 2.27. The van der Waals surface area contributed by atoms with E-state index >= 15 is 0 Å². The Kier molecular flexibility index (Phi) is 2.47. The van der Waals surface area contributed by atoms with Crippen molar-refractivity contribution in [2.24, 2.45) is 0 Å². The number of nitriles is 1. The predicted octanol–water partition coefficient (Wildman–Crippen LogP) is 1.83. The van der Waals surface area contributed by atoms with E-state index in [0.29, 0.717) is 19.4 Å². The van der Waals surface area contributed by atoms with Crippen LogP contribution in [0.4, 0.5) is 0 Å². The molecule has 0 aromatic carbocycles. The number of carbonyl (C=O) groups excluding carboxylic acids is 1. The molecule has 4 heteroatoms. The summed E-state index contributed by atoms with van der Waals surface area (Å²) in [5.41, 5.74) is 2.52. The number of carbonyl (C=O) groups is 1. The summed E-state index contributed by atoms with van der Waals surface area (Å²) in [6.07, 6.45) is 2.18. The van der Waals surface area contributed by atoms with E-state index in [1.54, 1.807) is 6.92 Å². The van der Waals surface area contributed by atoms with Crippen molar-refractivity contribution in [2.45, 2.75) is 31.1 Å². The van der Waals surface area contributed by atoms with Gasteiger partial charge in [-0.2, -0.15) is 5.26 Å². The van der Waals surface area contributed by atoms with Crippen LogP contribution in [0.1, 0.15) is 26.2 Å². The number of amides is 1. The topological polar surface area (TPSA) is 44.1 Å². The van der Waals surface area contributed by atoms with E-state index in [1.165, 1.54) is 11.1 Å². The van der Waals surface area contributed by atoms with E-state index in [9.17, 15) is 4.79 Å². The zero-order valence-electron chi connectivity index (χ0n) is 8.72. The quantitative estimate of drug-likeness (QED) is 0.466. The van der Waals surface area contributed by atoms with Gasteiger partial charge in [0, 0.05) is 26.4 Å². The van der Waals surface area contributed by atoms with Gasteiger partial charge in [0.1, 0.15) is 4.87 Å². The summed E-state index contributed by atoms with van der Waals surface area (Å²) in [4.78, 5) is 12.3. The van der Waals surface area contributed by atoms with Crippen molar-refractivity contribution in [3.63, 3.8) is 0 Å². The summed E-state index contributed by atoms with van der Waals surface area (Å²) in [5, 5.41) is 8.96. The molecule has 0 spiro atoms. The van der Waals surface area contributed by atoms with Crippen LogP contribution < -0.4 is 0 Å². The molecule has 0 aromatic rings. The van der Waals surface area contributed by atoms with Gasteiger partial charge in [-0.1, -0.05) is 0 Å². The molecule has 0 aromatic heterocycles. The fourth-order valence-corrected chi connectivity index (χ4v) is 2.53. The van der Waals surface area contributed by atoms with Crippen LogP contribution in [-0.2, 0) is 4.79 Å². The van der Waals surface area contributed by atoms with Gasteiger partial charge < -0.3 is 4.90 Å². The van der Waals surface area contributed by atoms with Crippen LogP contribution in [0, 0.1) is 11.3 Å². The number of halogens is 1. The van der Waals surface area contributed by atoms with Gasteiger partial charge in [0.15, 0.2) is 0 Å². The molecule has 1 aliphatic heterocycles. The Balaban J connectivity index is 2.13. The van der Waals surface area contributed by atoms with E-state index in [2.05, 4.69) is 6.07 Å². The summed E-state index contributed by atoms with van der Waals surface area (Å²) in [6.45, 7) is 2.99. The van der Waals surface area contributed by atoms with Crippen LogP contribution in [-0.4, -0.2) is 28.8 Å². The zero-order valence-corrected chi connectivity index (χ0v) is 9.47. The van der Waals surface area contributed by atoms with Crippen molar-refractivity contribution < 1.29 is 4.79 Å². The predicted molar refractivity (Wildman–Crippen MR) is 57.3 cm³/mol. The highest BCUT2D eigenvalue weighted by Crippen LogP contribution is 2.40. The molecule has 0 bridgehead atoms. The van der Waals surface area contributed by atoms with Crippen molar-refractivity contribution in [3.05, 3.63) is 11.1 Å². The minimum absolute atomic E-state index is 0.0986. The highest BCUT2D eigenvalue weighted by atomic mass is 35.5. The van der Waals surface area contributed by atoms with Crippen LogP contribution >= 0.6 is 11.6 Å². The smallest absolute Gasteiger partial charge is 0.220 e. The first-order valence-electron chi connectivity index (χ1n) is 5.09. The van der Waals surface area contributed by atoms with Crippen LogP contribution in [0.5, 0.6) is 0 Å². The lowest BCUT2D eigenvalue weighted by Crippen LogP contribution is -2.27. The molecule has 0 N–H and O–H groups in total. The molecule has 1 amide bonds. The first kappa shape index (κ1) is 10.5. The molecule has 0 saturated heterocycles. The summed E-state index contributed by atoms with van der Waals surface area (Å²) in [6, 6.07) is 2.16. The molecule has 1 heterocycles. The number of nitrogens with zero attached hydrogens (tertiary/aromatic N) is 2. The van der Waals surface area contributed by atoms with Crippen LogP contribution in [0.15, 0.2) is 11.1 Å². The molecule has 2 aliphatic rings. The van der Waals surface area contributed by atoms with Crippen molar-refractivity contribution >= 4 is 17.5 Å². The summed E-state index contributed by atoms with van der Waals surface area (Å²) >= 11 is 6.15. The Labute approximate surface area is 94.3 Å². The molecule has 15 heavy (non-hydrogen) atoms. The lowest BCUT2D eigenvalue weighted by atomic mass is 9.85. The molecule has 1 unspecified atom stereocenters. The third kappa shape index (κ3) is 1.87. The van der Waals surface area contributed by atoms with Gasteiger partial charge in [0.25, 0.3) is 0 Å². The Morgan fingerprint density at radius 1 is 1.53 bits per heavy atom. The molecular weight excluding hydrogens is 212 g/mol. The first-order chi connectivity index (χ1) is 7.04. The van der Waals surface area contributed by atoms with E-state index in [-0.39, 0.29) is 5.91 Å². The van der Waals surface area contributed by atoms with E-state index in [0.717, 1.165) is 13.0 Å². The molecule has 1 atom stereocenters. The average Bonchev–Trinajstić information content (AvgIpc) is 2.60. The standard InChI is InChI=1S/C11H13ClN2O/c1-8(15)14-5-9-2-3-11(12,7-13)4-10(9)6-14/h2-6H2,1H3. The largest absolute Gasteiger partial charge is 0.335 e. The van der Waals surface area contributed by atoms with Gasteiger partial charge in [-0.05, 0) is 24.0 Å². The van der Waals surface area contributed by atoms with Crippen molar-refractivity contribution in [3.8, 4) is 6.07 Å². The van der Waals surface area contributed by atoms with Crippen molar-refractivity contribution in [1.82, 2.24) is 4.90 Å². The lowest BCUT2D eigenvalue weighted by Gasteiger charge is -2.25. The van der Waals surface area contributed by atoms with Gasteiger partial charge in [-0.15, -0.1) is 11.6 Å². The molecular formula is C11H13ClN2O. The van der Waals surface area contributed by atoms with E-state index in [4.69, 9.17) is 16.9 Å². The van der Waals surface area contributed by atoms with E-state index in [1.807, 2.05) is 4.90 Å². The van der Waals surface area contributed by atoms with Crippen molar-refractivity contribution in [1.29, 1.82) is 5.26 Å². The summed E-state index contributed by atoms with van der Waals surface area (Å²) in [7, 11) is 0. The Hall–Kier alpha value is -1.01. The third-order valence-corrected chi connectivity index (χ3v) is 3.63. The highest BCUT2D eigenvalue weighted by Gasteiger charge is 2.37. The molecule has 3 nitrogen and oxygen atoms in total. The SMILES string of the molecule is CC(=O)N1CC2=C(C1)CC(Cl)(C#N)CC2. The minimum Gasteiger partial charge on any atom is -0.335 e. The number of rotatable bonds is 0.